The van der Waals surface area contributed by atoms with Crippen LogP contribution in [0.4, 0.5) is 0 Å². The van der Waals surface area contributed by atoms with Gasteiger partial charge in [0.25, 0.3) is 0 Å². The Morgan fingerprint density at radius 1 is 1.23 bits per heavy atom. The second kappa shape index (κ2) is 3.25. The molecule has 0 amide bonds. The molecule has 0 radical (unpaired) electrons. The summed E-state index contributed by atoms with van der Waals surface area (Å²) < 4.78 is 5.92. The van der Waals surface area contributed by atoms with Crippen LogP contribution in [0.15, 0.2) is 0 Å². The van der Waals surface area contributed by atoms with Crippen molar-refractivity contribution in [2.45, 2.75) is 45.8 Å². The predicted molar refractivity (Wildman–Crippen MR) is 53.7 cm³/mol. The minimum Gasteiger partial charge on any atom is -0.377 e. The summed E-state index contributed by atoms with van der Waals surface area (Å²) in [5.74, 6) is 0.758. The molecule has 0 aliphatic carbocycles. The maximum absolute atomic E-state index is 5.92. The molecule has 0 aromatic rings. The van der Waals surface area contributed by atoms with E-state index in [4.69, 9.17) is 4.74 Å². The van der Waals surface area contributed by atoms with Gasteiger partial charge in [0.1, 0.15) is 0 Å². The zero-order valence-electron chi connectivity index (χ0n) is 8.97. The van der Waals surface area contributed by atoms with Crippen molar-refractivity contribution in [1.29, 1.82) is 0 Å². The molecule has 2 nitrogen and oxygen atoms in total. The average Bonchev–Trinajstić information content (AvgIpc) is 2.48. The van der Waals surface area contributed by atoms with Crippen molar-refractivity contribution in [2.75, 3.05) is 13.2 Å². The fourth-order valence-corrected chi connectivity index (χ4v) is 2.80. The van der Waals surface area contributed by atoms with E-state index in [1.54, 1.807) is 0 Å². The summed E-state index contributed by atoms with van der Waals surface area (Å²) >= 11 is 0. The molecule has 1 N–H and O–H groups in total. The average molecular weight is 183 g/mol. The quantitative estimate of drug-likeness (QED) is 0.618. The van der Waals surface area contributed by atoms with E-state index >= 15 is 0 Å². The van der Waals surface area contributed by atoms with Crippen molar-refractivity contribution < 1.29 is 4.74 Å². The second-order valence-corrected chi connectivity index (χ2v) is 5.46. The first-order chi connectivity index (χ1) is 6.09. The number of hydrogen-bond donors (Lipinski definition) is 1. The summed E-state index contributed by atoms with van der Waals surface area (Å²) in [4.78, 5) is 0. The lowest BCUT2D eigenvalue weighted by Gasteiger charge is -2.41. The highest BCUT2D eigenvalue weighted by molar-refractivity contribution is 4.95. The van der Waals surface area contributed by atoms with Crippen LogP contribution in [0, 0.1) is 11.3 Å². The van der Waals surface area contributed by atoms with E-state index in [1.807, 2.05) is 0 Å². The van der Waals surface area contributed by atoms with Crippen LogP contribution < -0.4 is 5.32 Å². The minimum absolute atomic E-state index is 0.301. The summed E-state index contributed by atoms with van der Waals surface area (Å²) in [6.07, 6.45) is 2.96. The first-order valence-electron chi connectivity index (χ1n) is 5.44. The lowest BCUT2D eigenvalue weighted by Crippen LogP contribution is -2.47. The van der Waals surface area contributed by atoms with Crippen molar-refractivity contribution >= 4 is 0 Å². The highest BCUT2D eigenvalue weighted by Gasteiger charge is 2.42. The van der Waals surface area contributed by atoms with E-state index in [0.717, 1.165) is 18.6 Å². The monoisotopic (exact) mass is 183 g/mol. The fourth-order valence-electron chi connectivity index (χ4n) is 2.80. The Morgan fingerprint density at radius 2 is 2.00 bits per heavy atom. The molecule has 2 saturated heterocycles. The molecule has 0 aromatic carbocycles. The van der Waals surface area contributed by atoms with Gasteiger partial charge in [-0.15, -0.1) is 0 Å². The van der Waals surface area contributed by atoms with Crippen LogP contribution in [0.1, 0.15) is 33.6 Å². The number of hydrogen-bond acceptors (Lipinski definition) is 2. The van der Waals surface area contributed by atoms with E-state index in [-0.39, 0.29) is 0 Å². The van der Waals surface area contributed by atoms with Crippen molar-refractivity contribution in [1.82, 2.24) is 5.32 Å². The second-order valence-electron chi connectivity index (χ2n) is 5.46. The lowest BCUT2D eigenvalue weighted by molar-refractivity contribution is -0.0885. The third kappa shape index (κ3) is 1.75. The molecule has 13 heavy (non-hydrogen) atoms. The minimum atomic E-state index is 0.301. The first kappa shape index (κ1) is 9.47. The Balaban J connectivity index is 2.10. The SMILES string of the molecule is CC(C)(C)C1OCCC2NCCC21. The molecule has 0 spiro atoms. The molecule has 2 aliphatic heterocycles. The zero-order chi connectivity index (χ0) is 9.47. The Bertz CT molecular complexity index is 185. The first-order valence-corrected chi connectivity index (χ1v) is 5.44. The van der Waals surface area contributed by atoms with Gasteiger partial charge in [0.2, 0.25) is 0 Å². The molecule has 2 heteroatoms. The van der Waals surface area contributed by atoms with Gasteiger partial charge in [-0.25, -0.2) is 0 Å². The van der Waals surface area contributed by atoms with Gasteiger partial charge in [0.05, 0.1) is 6.10 Å². The van der Waals surface area contributed by atoms with Gasteiger partial charge >= 0.3 is 0 Å². The molecular formula is C11H21NO. The summed E-state index contributed by atoms with van der Waals surface area (Å²) in [5.41, 5.74) is 0.301. The van der Waals surface area contributed by atoms with Crippen molar-refractivity contribution in [2.24, 2.45) is 11.3 Å². The Labute approximate surface area is 81.0 Å². The summed E-state index contributed by atoms with van der Waals surface area (Å²) in [6, 6.07) is 0.734. The third-order valence-electron chi connectivity index (χ3n) is 3.37. The normalized spacial score (nSPS) is 40.4. The standard InChI is InChI=1S/C11H21NO/c1-11(2,3)10-8-4-6-12-9(8)5-7-13-10/h8-10,12H,4-7H2,1-3H3. The highest BCUT2D eigenvalue weighted by atomic mass is 16.5. The number of ether oxygens (including phenoxy) is 1. The van der Waals surface area contributed by atoms with Gasteiger partial charge in [-0.3, -0.25) is 0 Å². The molecule has 0 saturated carbocycles. The molecule has 0 aromatic heterocycles. The third-order valence-corrected chi connectivity index (χ3v) is 3.37. The van der Waals surface area contributed by atoms with Crippen molar-refractivity contribution in [3.05, 3.63) is 0 Å². The fraction of sp³-hybridized carbons (Fsp3) is 1.00. The Kier molecular flexibility index (Phi) is 2.37. The number of fused-ring (bicyclic) bond motifs is 1. The topological polar surface area (TPSA) is 21.3 Å². The summed E-state index contributed by atoms with van der Waals surface area (Å²) in [7, 11) is 0. The maximum Gasteiger partial charge on any atom is 0.0666 e. The van der Waals surface area contributed by atoms with Crippen molar-refractivity contribution in [3.8, 4) is 0 Å². The van der Waals surface area contributed by atoms with Gasteiger partial charge in [-0.2, -0.15) is 0 Å². The summed E-state index contributed by atoms with van der Waals surface area (Å²) in [6.45, 7) is 9.00. The lowest BCUT2D eigenvalue weighted by atomic mass is 9.76. The smallest absolute Gasteiger partial charge is 0.0666 e. The number of nitrogens with one attached hydrogen (secondary N) is 1. The van der Waals surface area contributed by atoms with Crippen molar-refractivity contribution in [3.63, 3.8) is 0 Å². The van der Waals surface area contributed by atoms with E-state index in [0.29, 0.717) is 11.5 Å². The van der Waals surface area contributed by atoms with Gasteiger partial charge in [0.15, 0.2) is 0 Å². The molecule has 76 valence electrons. The molecule has 2 fully saturated rings. The van der Waals surface area contributed by atoms with E-state index < -0.39 is 0 Å². The van der Waals surface area contributed by atoms with E-state index in [9.17, 15) is 0 Å². The molecule has 0 bridgehead atoms. The van der Waals surface area contributed by atoms with E-state index in [2.05, 4.69) is 26.1 Å². The van der Waals surface area contributed by atoms with Crippen LogP contribution in [0.25, 0.3) is 0 Å². The predicted octanol–water partition coefficient (Wildman–Crippen LogP) is 1.80. The van der Waals surface area contributed by atoms with Gasteiger partial charge in [-0.05, 0) is 24.8 Å². The highest BCUT2D eigenvalue weighted by Crippen LogP contribution is 2.37. The van der Waals surface area contributed by atoms with Crippen LogP contribution in [0.2, 0.25) is 0 Å². The molecule has 2 heterocycles. The van der Waals surface area contributed by atoms with Crippen LogP contribution in [0.3, 0.4) is 0 Å². The summed E-state index contributed by atoms with van der Waals surface area (Å²) in [5, 5.41) is 3.58. The van der Waals surface area contributed by atoms with Gasteiger partial charge in [-0.1, -0.05) is 20.8 Å². The molecular weight excluding hydrogens is 162 g/mol. The van der Waals surface area contributed by atoms with Crippen LogP contribution >= 0.6 is 0 Å². The molecule has 3 atom stereocenters. The molecule has 3 unspecified atom stereocenters. The van der Waals surface area contributed by atoms with Crippen LogP contribution in [-0.4, -0.2) is 25.3 Å². The van der Waals surface area contributed by atoms with E-state index in [1.165, 1.54) is 19.4 Å². The van der Waals surface area contributed by atoms with Crippen LogP contribution in [0.5, 0.6) is 0 Å². The number of rotatable bonds is 0. The van der Waals surface area contributed by atoms with Gasteiger partial charge in [0, 0.05) is 18.6 Å². The largest absolute Gasteiger partial charge is 0.377 e. The zero-order valence-corrected chi connectivity index (χ0v) is 8.97. The molecule has 2 aliphatic rings. The van der Waals surface area contributed by atoms with Gasteiger partial charge < -0.3 is 10.1 Å². The maximum atomic E-state index is 5.92. The Morgan fingerprint density at radius 3 is 2.69 bits per heavy atom. The van der Waals surface area contributed by atoms with Crippen LogP contribution in [-0.2, 0) is 4.74 Å². The molecule has 2 rings (SSSR count). The Hall–Kier alpha value is -0.0800.